The van der Waals surface area contributed by atoms with Gasteiger partial charge in [0, 0.05) is 5.56 Å². The van der Waals surface area contributed by atoms with Crippen LogP contribution in [0.4, 0.5) is 4.39 Å². The predicted octanol–water partition coefficient (Wildman–Crippen LogP) is 2.30. The van der Waals surface area contributed by atoms with E-state index in [4.69, 9.17) is 10.2 Å². The highest BCUT2D eigenvalue weighted by Crippen LogP contribution is 2.28. The molecule has 1 aromatic carbocycles. The Morgan fingerprint density at radius 3 is 2.59 bits per heavy atom. The monoisotopic (exact) mass is 252 g/mol. The second kappa shape index (κ2) is 4.58. The molecule has 2 rings (SSSR count). The molecule has 1 heterocycles. The molecular formula is C11H9FN2O2S. The van der Waals surface area contributed by atoms with Crippen LogP contribution in [0.15, 0.2) is 33.9 Å². The third kappa shape index (κ3) is 2.31. The van der Waals surface area contributed by atoms with Crippen LogP contribution in [-0.2, 0) is 0 Å². The fourth-order valence-electron chi connectivity index (χ4n) is 1.35. The van der Waals surface area contributed by atoms with E-state index in [1.807, 2.05) is 0 Å². The van der Waals surface area contributed by atoms with Crippen LogP contribution in [0.5, 0.6) is 0 Å². The van der Waals surface area contributed by atoms with Crippen molar-refractivity contribution in [2.75, 3.05) is 6.26 Å². The molecule has 0 unspecified atom stereocenters. The van der Waals surface area contributed by atoms with Crippen LogP contribution in [0, 0.1) is 5.82 Å². The first-order valence-corrected chi connectivity index (χ1v) is 5.95. The van der Waals surface area contributed by atoms with Gasteiger partial charge in [-0.15, -0.1) is 0 Å². The lowest BCUT2D eigenvalue weighted by molar-refractivity contribution is 0.0996. The topological polar surface area (TPSA) is 69.1 Å². The van der Waals surface area contributed by atoms with Gasteiger partial charge in [0.1, 0.15) is 5.82 Å². The average Bonchev–Trinajstić information content (AvgIpc) is 2.74. The highest BCUT2D eigenvalue weighted by atomic mass is 32.2. The van der Waals surface area contributed by atoms with Gasteiger partial charge < -0.3 is 10.2 Å². The Morgan fingerprint density at radius 1 is 1.41 bits per heavy atom. The summed E-state index contributed by atoms with van der Waals surface area (Å²) in [6, 6.07) is 5.57. The molecule has 2 aromatic rings. The number of oxazole rings is 1. The fourth-order valence-corrected chi connectivity index (χ4v) is 1.70. The standard InChI is InChI=1S/C11H9FN2O2S/c1-17-11-14-8(10(13)15)9(16-11)6-2-4-7(12)5-3-6/h2-5H,1H3,(H2,13,15). The van der Waals surface area contributed by atoms with Gasteiger partial charge in [0.05, 0.1) is 0 Å². The molecular weight excluding hydrogens is 243 g/mol. The zero-order chi connectivity index (χ0) is 12.4. The fraction of sp³-hybridized carbons (Fsp3) is 0.0909. The lowest BCUT2D eigenvalue weighted by Crippen LogP contribution is -2.12. The first-order chi connectivity index (χ1) is 8.11. The van der Waals surface area contributed by atoms with Crippen LogP contribution >= 0.6 is 11.8 Å². The largest absolute Gasteiger partial charge is 0.430 e. The van der Waals surface area contributed by atoms with Crippen molar-refractivity contribution >= 4 is 17.7 Å². The molecule has 1 aromatic heterocycles. The normalized spacial score (nSPS) is 10.5. The van der Waals surface area contributed by atoms with Gasteiger partial charge in [-0.25, -0.2) is 4.39 Å². The molecule has 6 heteroatoms. The Balaban J connectivity index is 2.53. The number of primary amides is 1. The molecule has 0 atom stereocenters. The molecule has 0 radical (unpaired) electrons. The van der Waals surface area contributed by atoms with E-state index in [-0.39, 0.29) is 17.3 Å². The van der Waals surface area contributed by atoms with Crippen molar-refractivity contribution in [1.82, 2.24) is 4.98 Å². The van der Waals surface area contributed by atoms with Crippen molar-refractivity contribution in [1.29, 1.82) is 0 Å². The van der Waals surface area contributed by atoms with Crippen molar-refractivity contribution in [3.63, 3.8) is 0 Å². The molecule has 0 spiro atoms. The number of hydrogen-bond acceptors (Lipinski definition) is 4. The number of thioether (sulfide) groups is 1. The average molecular weight is 252 g/mol. The number of nitrogens with two attached hydrogens (primary N) is 1. The minimum Gasteiger partial charge on any atom is -0.430 e. The molecule has 2 N–H and O–H groups in total. The number of hydrogen-bond donors (Lipinski definition) is 1. The molecule has 0 saturated heterocycles. The highest BCUT2D eigenvalue weighted by Gasteiger charge is 2.18. The quantitative estimate of drug-likeness (QED) is 0.851. The van der Waals surface area contributed by atoms with Crippen LogP contribution in [0.3, 0.4) is 0 Å². The maximum absolute atomic E-state index is 12.8. The van der Waals surface area contributed by atoms with Gasteiger partial charge >= 0.3 is 0 Å². The van der Waals surface area contributed by atoms with E-state index >= 15 is 0 Å². The molecule has 0 aliphatic heterocycles. The number of nitrogens with zero attached hydrogens (tertiary/aromatic N) is 1. The molecule has 0 fully saturated rings. The molecule has 1 amide bonds. The molecule has 0 bridgehead atoms. The summed E-state index contributed by atoms with van der Waals surface area (Å²) in [4.78, 5) is 15.2. The van der Waals surface area contributed by atoms with Crippen LogP contribution in [0.25, 0.3) is 11.3 Å². The molecule has 0 aliphatic carbocycles. The first-order valence-electron chi connectivity index (χ1n) is 4.72. The van der Waals surface area contributed by atoms with Gasteiger partial charge in [0.2, 0.25) is 0 Å². The maximum atomic E-state index is 12.8. The van der Waals surface area contributed by atoms with Gasteiger partial charge in [-0.3, -0.25) is 4.79 Å². The van der Waals surface area contributed by atoms with Crippen molar-refractivity contribution in [3.8, 4) is 11.3 Å². The van der Waals surface area contributed by atoms with E-state index in [1.165, 1.54) is 36.0 Å². The minimum absolute atomic E-state index is 0.0564. The van der Waals surface area contributed by atoms with Crippen LogP contribution < -0.4 is 5.73 Å². The highest BCUT2D eigenvalue weighted by molar-refractivity contribution is 7.98. The Morgan fingerprint density at radius 2 is 2.06 bits per heavy atom. The van der Waals surface area contributed by atoms with E-state index < -0.39 is 5.91 Å². The van der Waals surface area contributed by atoms with E-state index in [0.29, 0.717) is 10.8 Å². The second-order valence-corrected chi connectivity index (χ2v) is 3.99. The lowest BCUT2D eigenvalue weighted by atomic mass is 10.1. The van der Waals surface area contributed by atoms with Crippen LogP contribution in [0.1, 0.15) is 10.5 Å². The van der Waals surface area contributed by atoms with E-state index in [2.05, 4.69) is 4.98 Å². The number of halogens is 1. The summed E-state index contributed by atoms with van der Waals surface area (Å²) >= 11 is 1.26. The van der Waals surface area contributed by atoms with Crippen LogP contribution in [-0.4, -0.2) is 17.1 Å². The van der Waals surface area contributed by atoms with Gasteiger partial charge in [0.15, 0.2) is 11.5 Å². The number of aromatic nitrogens is 1. The smallest absolute Gasteiger partial charge is 0.271 e. The van der Waals surface area contributed by atoms with Crippen LogP contribution in [0.2, 0.25) is 0 Å². The van der Waals surface area contributed by atoms with Gasteiger partial charge in [-0.05, 0) is 30.5 Å². The summed E-state index contributed by atoms with van der Waals surface area (Å²) in [5.41, 5.74) is 5.82. The summed E-state index contributed by atoms with van der Waals surface area (Å²) in [5.74, 6) is -0.769. The summed E-state index contributed by atoms with van der Waals surface area (Å²) in [5, 5.41) is 0.345. The molecule has 4 nitrogen and oxygen atoms in total. The maximum Gasteiger partial charge on any atom is 0.271 e. The van der Waals surface area contributed by atoms with E-state index in [1.54, 1.807) is 6.26 Å². The zero-order valence-corrected chi connectivity index (χ0v) is 9.75. The Bertz CT molecular complexity index is 551. The van der Waals surface area contributed by atoms with Gasteiger partial charge in [-0.1, -0.05) is 11.8 Å². The Labute approximate surface area is 101 Å². The number of rotatable bonds is 3. The zero-order valence-electron chi connectivity index (χ0n) is 8.94. The number of carbonyl (C=O) groups excluding carboxylic acids is 1. The van der Waals surface area contributed by atoms with E-state index in [0.717, 1.165) is 0 Å². The number of benzene rings is 1. The number of carbonyl (C=O) groups is 1. The Kier molecular flexibility index (Phi) is 3.14. The number of amides is 1. The summed E-state index contributed by atoms with van der Waals surface area (Å²) in [7, 11) is 0. The molecule has 17 heavy (non-hydrogen) atoms. The minimum atomic E-state index is -0.673. The van der Waals surface area contributed by atoms with Gasteiger partial charge in [0.25, 0.3) is 11.1 Å². The van der Waals surface area contributed by atoms with Crippen molar-refractivity contribution in [2.45, 2.75) is 5.22 Å². The molecule has 88 valence electrons. The first kappa shape index (κ1) is 11.7. The van der Waals surface area contributed by atoms with Crippen molar-refractivity contribution in [2.24, 2.45) is 5.73 Å². The van der Waals surface area contributed by atoms with Crippen molar-refractivity contribution < 1.29 is 13.6 Å². The van der Waals surface area contributed by atoms with E-state index in [9.17, 15) is 9.18 Å². The SMILES string of the molecule is CSc1nc(C(N)=O)c(-c2ccc(F)cc2)o1. The molecule has 0 saturated carbocycles. The van der Waals surface area contributed by atoms with Gasteiger partial charge in [-0.2, -0.15) is 4.98 Å². The van der Waals surface area contributed by atoms with Crippen molar-refractivity contribution in [3.05, 3.63) is 35.8 Å². The second-order valence-electron chi connectivity index (χ2n) is 3.23. The lowest BCUT2D eigenvalue weighted by Gasteiger charge is -1.97. The third-order valence-corrected chi connectivity index (χ3v) is 2.65. The predicted molar refractivity (Wildman–Crippen MR) is 62.2 cm³/mol. The molecule has 0 aliphatic rings. The summed E-state index contributed by atoms with van der Waals surface area (Å²) in [6.45, 7) is 0. The summed E-state index contributed by atoms with van der Waals surface area (Å²) in [6.07, 6.45) is 1.77. The third-order valence-electron chi connectivity index (χ3n) is 2.12. The Hall–Kier alpha value is -1.82. The summed E-state index contributed by atoms with van der Waals surface area (Å²) < 4.78 is 18.2.